The van der Waals surface area contributed by atoms with Crippen LogP contribution in [0.25, 0.3) is 5.57 Å². The molecule has 0 N–H and O–H groups in total. The van der Waals surface area contributed by atoms with Gasteiger partial charge in [-0.05, 0) is 29.7 Å². The predicted octanol–water partition coefficient (Wildman–Crippen LogP) is 3.33. The van der Waals surface area contributed by atoms with E-state index in [-0.39, 0.29) is 0 Å². The van der Waals surface area contributed by atoms with Crippen LogP contribution in [0, 0.1) is 0 Å². The minimum absolute atomic E-state index is 0.529. The van der Waals surface area contributed by atoms with Gasteiger partial charge in [0, 0.05) is 11.4 Å². The van der Waals surface area contributed by atoms with Crippen molar-refractivity contribution in [1.82, 2.24) is 0 Å². The Labute approximate surface area is 83.0 Å². The zero-order valence-electron chi connectivity index (χ0n) is 7.29. The number of carbonyl (C=O) groups excluding carboxylic acids is 1. The van der Waals surface area contributed by atoms with Gasteiger partial charge in [-0.3, -0.25) is 0 Å². The molecule has 2 heteroatoms. The summed E-state index contributed by atoms with van der Waals surface area (Å²) in [4.78, 5) is 10.1. The number of rotatable bonds is 4. The molecule has 13 heavy (non-hydrogen) atoms. The molecule has 1 nitrogen and oxygen atoms in total. The molecule has 0 radical (unpaired) electrons. The number of benzene rings is 1. The molecule has 1 rings (SSSR count). The van der Waals surface area contributed by atoms with Gasteiger partial charge in [0.2, 0.25) is 0 Å². The molecule has 0 saturated heterocycles. The maximum atomic E-state index is 10.1. The Morgan fingerprint density at radius 3 is 2.54 bits per heavy atom. The average Bonchev–Trinajstić information content (AvgIpc) is 2.15. The first-order chi connectivity index (χ1) is 6.24. The number of hydrogen-bond acceptors (Lipinski definition) is 1. The lowest BCUT2D eigenvalue weighted by atomic mass is 10.0. The maximum absolute atomic E-state index is 10.1. The van der Waals surface area contributed by atoms with E-state index in [1.54, 1.807) is 0 Å². The fourth-order valence-electron chi connectivity index (χ4n) is 1.06. The van der Waals surface area contributed by atoms with Gasteiger partial charge in [0.05, 0.1) is 0 Å². The van der Waals surface area contributed by atoms with E-state index in [1.165, 1.54) is 0 Å². The minimum atomic E-state index is 0.529. The highest BCUT2D eigenvalue weighted by Gasteiger charge is 1.97. The average molecular weight is 195 g/mol. The lowest BCUT2D eigenvalue weighted by molar-refractivity contribution is -0.107. The first kappa shape index (κ1) is 10.0. The molecule has 0 aliphatic carbocycles. The van der Waals surface area contributed by atoms with Crippen molar-refractivity contribution in [1.29, 1.82) is 0 Å². The molecule has 0 aliphatic heterocycles. The quantitative estimate of drug-likeness (QED) is 0.672. The van der Waals surface area contributed by atoms with E-state index >= 15 is 0 Å². The van der Waals surface area contributed by atoms with E-state index in [9.17, 15) is 4.79 Å². The van der Waals surface area contributed by atoms with Crippen LogP contribution in [0.1, 0.15) is 18.4 Å². The lowest BCUT2D eigenvalue weighted by Crippen LogP contribution is -1.83. The van der Waals surface area contributed by atoms with Crippen molar-refractivity contribution in [3.05, 3.63) is 41.4 Å². The fraction of sp³-hybridized carbons (Fsp3) is 0.182. The van der Waals surface area contributed by atoms with Crippen molar-refractivity contribution in [2.24, 2.45) is 0 Å². The molecule has 0 bridgehead atoms. The minimum Gasteiger partial charge on any atom is -0.303 e. The van der Waals surface area contributed by atoms with Crippen LogP contribution in [-0.4, -0.2) is 6.29 Å². The summed E-state index contributed by atoms with van der Waals surface area (Å²) in [5.41, 5.74) is 2.02. The maximum Gasteiger partial charge on any atom is 0.120 e. The summed E-state index contributed by atoms with van der Waals surface area (Å²) in [5.74, 6) is 0. The summed E-state index contributed by atoms with van der Waals surface area (Å²) in [5, 5.41) is 0.715. The summed E-state index contributed by atoms with van der Waals surface area (Å²) in [6.07, 6.45) is 2.15. The van der Waals surface area contributed by atoms with Crippen LogP contribution in [0.4, 0.5) is 0 Å². The van der Waals surface area contributed by atoms with Crippen LogP contribution >= 0.6 is 11.6 Å². The third-order valence-electron chi connectivity index (χ3n) is 1.82. The van der Waals surface area contributed by atoms with Crippen LogP contribution in [0.2, 0.25) is 5.02 Å². The summed E-state index contributed by atoms with van der Waals surface area (Å²) < 4.78 is 0. The zero-order valence-corrected chi connectivity index (χ0v) is 8.05. The van der Waals surface area contributed by atoms with Crippen molar-refractivity contribution in [2.75, 3.05) is 0 Å². The monoisotopic (exact) mass is 194 g/mol. The van der Waals surface area contributed by atoms with Crippen molar-refractivity contribution < 1.29 is 4.79 Å². The van der Waals surface area contributed by atoms with Crippen LogP contribution in [0.5, 0.6) is 0 Å². The van der Waals surface area contributed by atoms with E-state index in [0.29, 0.717) is 17.9 Å². The van der Waals surface area contributed by atoms with Gasteiger partial charge in [0.25, 0.3) is 0 Å². The third-order valence-corrected chi connectivity index (χ3v) is 2.07. The summed E-state index contributed by atoms with van der Waals surface area (Å²) >= 11 is 5.73. The van der Waals surface area contributed by atoms with E-state index in [2.05, 4.69) is 6.58 Å². The highest BCUT2D eigenvalue weighted by Crippen LogP contribution is 2.19. The number of halogens is 1. The first-order valence-corrected chi connectivity index (χ1v) is 4.49. The van der Waals surface area contributed by atoms with E-state index in [4.69, 9.17) is 11.6 Å². The largest absolute Gasteiger partial charge is 0.303 e. The standard InChI is InChI=1S/C11H11ClO/c1-9(3-2-8-13)10-4-6-11(12)7-5-10/h4-8H,1-3H2. The second-order valence-corrected chi connectivity index (χ2v) is 3.25. The molecule has 0 aliphatic rings. The number of allylic oxidation sites excluding steroid dienone is 1. The second kappa shape index (κ2) is 4.83. The van der Waals surface area contributed by atoms with Crippen LogP contribution in [-0.2, 0) is 4.79 Å². The molecule has 0 atom stereocenters. The van der Waals surface area contributed by atoms with Gasteiger partial charge < -0.3 is 4.79 Å². The molecule has 68 valence electrons. The van der Waals surface area contributed by atoms with Crippen molar-refractivity contribution in [3.63, 3.8) is 0 Å². The van der Waals surface area contributed by atoms with Gasteiger partial charge in [-0.25, -0.2) is 0 Å². The molecule has 0 saturated carbocycles. The highest BCUT2D eigenvalue weighted by molar-refractivity contribution is 6.30. The molecule has 0 fully saturated rings. The van der Waals surface area contributed by atoms with Gasteiger partial charge in [-0.15, -0.1) is 0 Å². The topological polar surface area (TPSA) is 17.1 Å². The fourth-order valence-corrected chi connectivity index (χ4v) is 1.19. The Kier molecular flexibility index (Phi) is 3.71. The highest BCUT2D eigenvalue weighted by atomic mass is 35.5. The smallest absolute Gasteiger partial charge is 0.120 e. The molecular formula is C11H11ClO. The third kappa shape index (κ3) is 3.03. The van der Waals surface area contributed by atoms with Crippen LogP contribution in [0.3, 0.4) is 0 Å². The van der Waals surface area contributed by atoms with Gasteiger partial charge in [0.1, 0.15) is 6.29 Å². The van der Waals surface area contributed by atoms with Crippen LogP contribution < -0.4 is 0 Å². The Hall–Kier alpha value is -1.08. The summed E-state index contributed by atoms with van der Waals surface area (Å²) in [7, 11) is 0. The normalized spacial score (nSPS) is 9.62. The second-order valence-electron chi connectivity index (χ2n) is 2.82. The predicted molar refractivity (Wildman–Crippen MR) is 55.8 cm³/mol. The van der Waals surface area contributed by atoms with E-state index in [1.807, 2.05) is 24.3 Å². The molecule has 0 spiro atoms. The van der Waals surface area contributed by atoms with Gasteiger partial charge in [-0.2, -0.15) is 0 Å². The summed E-state index contributed by atoms with van der Waals surface area (Å²) in [6, 6.07) is 7.47. The van der Waals surface area contributed by atoms with Crippen molar-refractivity contribution in [3.8, 4) is 0 Å². The van der Waals surface area contributed by atoms with Crippen LogP contribution in [0.15, 0.2) is 30.8 Å². The Balaban J connectivity index is 2.66. The number of hydrogen-bond donors (Lipinski definition) is 0. The van der Waals surface area contributed by atoms with Crippen molar-refractivity contribution in [2.45, 2.75) is 12.8 Å². The molecule has 0 amide bonds. The molecular weight excluding hydrogens is 184 g/mol. The van der Waals surface area contributed by atoms with Gasteiger partial charge in [-0.1, -0.05) is 30.3 Å². The van der Waals surface area contributed by atoms with E-state index in [0.717, 1.165) is 17.4 Å². The van der Waals surface area contributed by atoms with Crippen molar-refractivity contribution >= 4 is 23.5 Å². The van der Waals surface area contributed by atoms with Gasteiger partial charge in [0.15, 0.2) is 0 Å². The SMILES string of the molecule is C=C(CCC=O)c1ccc(Cl)cc1. The van der Waals surface area contributed by atoms with E-state index < -0.39 is 0 Å². The molecule has 0 unspecified atom stereocenters. The Morgan fingerprint density at radius 2 is 2.00 bits per heavy atom. The van der Waals surface area contributed by atoms with Gasteiger partial charge >= 0.3 is 0 Å². The number of carbonyl (C=O) groups is 1. The Morgan fingerprint density at radius 1 is 1.38 bits per heavy atom. The Bertz CT molecular complexity index is 300. The first-order valence-electron chi connectivity index (χ1n) is 4.11. The molecule has 1 aromatic rings. The zero-order chi connectivity index (χ0) is 9.68. The molecule has 0 aromatic heterocycles. The number of aldehydes is 1. The molecule has 1 aromatic carbocycles. The summed E-state index contributed by atoms with van der Waals surface area (Å²) in [6.45, 7) is 3.89. The lowest BCUT2D eigenvalue weighted by Gasteiger charge is -2.02. The molecule has 0 heterocycles.